The molecule has 0 atom stereocenters. The first-order chi connectivity index (χ1) is 15.0. The van der Waals surface area contributed by atoms with Crippen LogP contribution in [0.3, 0.4) is 0 Å². The van der Waals surface area contributed by atoms with E-state index >= 15 is 0 Å². The Hall–Kier alpha value is -3.23. The van der Waals surface area contributed by atoms with Gasteiger partial charge in [0.1, 0.15) is 15.8 Å². The number of carbonyl (C=O) groups excluding carboxylic acids is 1. The van der Waals surface area contributed by atoms with Crippen LogP contribution in [0.25, 0.3) is 11.7 Å². The summed E-state index contributed by atoms with van der Waals surface area (Å²) in [7, 11) is 0. The number of amides is 1. The summed E-state index contributed by atoms with van der Waals surface area (Å²) in [5, 5.41) is 3.27. The standard InChI is InChI=1S/C23H20N4O2S2/c1-3-11-27-22(29)18(31-23(27)30)13-17-20(24-14-16-9-7-15(2)8-10-16)25-19-6-4-5-12-26(19)21(17)28/h3-10,12-13,24H,1,11,14H2,2H3. The van der Waals surface area contributed by atoms with Crippen molar-refractivity contribution in [2.75, 3.05) is 11.9 Å². The fourth-order valence-corrected chi connectivity index (χ4v) is 4.43. The number of aryl methyl sites for hydroxylation is 1. The van der Waals surface area contributed by atoms with E-state index in [1.165, 1.54) is 26.6 Å². The average molecular weight is 449 g/mol. The van der Waals surface area contributed by atoms with Gasteiger partial charge in [-0.05, 0) is 30.7 Å². The second-order valence-corrected chi connectivity index (χ2v) is 8.70. The number of benzene rings is 1. The molecule has 0 aliphatic carbocycles. The van der Waals surface area contributed by atoms with Crippen LogP contribution in [0.5, 0.6) is 0 Å². The van der Waals surface area contributed by atoms with Crippen LogP contribution in [0.15, 0.2) is 71.0 Å². The second-order valence-electron chi connectivity index (χ2n) is 7.03. The first kappa shape index (κ1) is 21.0. The fraction of sp³-hybridized carbons (Fsp3) is 0.130. The smallest absolute Gasteiger partial charge is 0.267 e. The number of thiocarbonyl (C=S) groups is 1. The van der Waals surface area contributed by atoms with Gasteiger partial charge in [-0.2, -0.15) is 0 Å². The third-order valence-electron chi connectivity index (χ3n) is 4.81. The predicted octanol–water partition coefficient (Wildman–Crippen LogP) is 4.00. The van der Waals surface area contributed by atoms with Crippen LogP contribution in [0, 0.1) is 6.92 Å². The minimum Gasteiger partial charge on any atom is -0.365 e. The van der Waals surface area contributed by atoms with Crippen LogP contribution in [0.2, 0.25) is 0 Å². The molecule has 0 spiro atoms. The van der Waals surface area contributed by atoms with Crippen LogP contribution in [-0.2, 0) is 11.3 Å². The largest absolute Gasteiger partial charge is 0.365 e. The van der Waals surface area contributed by atoms with Crippen LogP contribution in [0.1, 0.15) is 16.7 Å². The molecule has 31 heavy (non-hydrogen) atoms. The number of hydrogen-bond donors (Lipinski definition) is 1. The second kappa shape index (κ2) is 8.87. The Morgan fingerprint density at radius 3 is 2.71 bits per heavy atom. The minimum absolute atomic E-state index is 0.239. The van der Waals surface area contributed by atoms with Crippen molar-refractivity contribution in [1.29, 1.82) is 0 Å². The quantitative estimate of drug-likeness (QED) is 0.349. The SMILES string of the molecule is C=CCN1C(=O)C(=Cc2c(NCc3ccc(C)cc3)nc3ccccn3c2=O)SC1=S. The molecule has 3 heterocycles. The van der Waals surface area contributed by atoms with Crippen molar-refractivity contribution >= 4 is 51.7 Å². The van der Waals surface area contributed by atoms with Gasteiger partial charge in [-0.25, -0.2) is 4.98 Å². The van der Waals surface area contributed by atoms with Crippen molar-refractivity contribution in [1.82, 2.24) is 14.3 Å². The molecule has 0 unspecified atom stereocenters. The summed E-state index contributed by atoms with van der Waals surface area (Å²) in [6.45, 7) is 6.52. The van der Waals surface area contributed by atoms with Crippen molar-refractivity contribution in [3.63, 3.8) is 0 Å². The third kappa shape index (κ3) is 4.30. The van der Waals surface area contributed by atoms with Gasteiger partial charge in [0.05, 0.1) is 10.5 Å². The lowest BCUT2D eigenvalue weighted by molar-refractivity contribution is -0.121. The zero-order chi connectivity index (χ0) is 22.0. The Balaban J connectivity index is 1.76. The highest BCUT2D eigenvalue weighted by Crippen LogP contribution is 2.32. The van der Waals surface area contributed by atoms with Crippen LogP contribution in [0.4, 0.5) is 5.82 Å². The van der Waals surface area contributed by atoms with E-state index in [4.69, 9.17) is 12.2 Å². The molecule has 0 saturated carbocycles. The zero-order valence-corrected chi connectivity index (χ0v) is 18.5. The maximum Gasteiger partial charge on any atom is 0.267 e. The van der Waals surface area contributed by atoms with E-state index in [2.05, 4.69) is 16.9 Å². The third-order valence-corrected chi connectivity index (χ3v) is 6.19. The lowest BCUT2D eigenvalue weighted by atomic mass is 10.1. The summed E-state index contributed by atoms with van der Waals surface area (Å²) < 4.78 is 1.91. The van der Waals surface area contributed by atoms with Crippen LogP contribution < -0.4 is 10.9 Å². The number of rotatable bonds is 6. The van der Waals surface area contributed by atoms with Crippen LogP contribution in [-0.4, -0.2) is 31.1 Å². The zero-order valence-electron chi connectivity index (χ0n) is 16.9. The van der Waals surface area contributed by atoms with Gasteiger partial charge in [0, 0.05) is 19.3 Å². The topological polar surface area (TPSA) is 66.7 Å². The Kier molecular flexibility index (Phi) is 6.01. The summed E-state index contributed by atoms with van der Waals surface area (Å²) in [6, 6.07) is 13.5. The number of thioether (sulfide) groups is 1. The molecule has 1 aliphatic rings. The van der Waals surface area contributed by atoms with Crippen LogP contribution >= 0.6 is 24.0 Å². The Bertz CT molecular complexity index is 1280. The lowest BCUT2D eigenvalue weighted by Gasteiger charge is -2.12. The molecule has 8 heteroatoms. The van der Waals surface area contributed by atoms with E-state index in [1.807, 2.05) is 37.3 Å². The normalized spacial score (nSPS) is 15.1. The molecule has 156 valence electrons. The van der Waals surface area contributed by atoms with Gasteiger partial charge in [-0.15, -0.1) is 6.58 Å². The predicted molar refractivity (Wildman–Crippen MR) is 130 cm³/mol. The summed E-state index contributed by atoms with van der Waals surface area (Å²) >= 11 is 6.48. The van der Waals surface area contributed by atoms with Crippen molar-refractivity contribution in [3.8, 4) is 0 Å². The van der Waals surface area contributed by atoms with Gasteiger partial charge in [0.25, 0.3) is 11.5 Å². The number of hydrogen-bond acceptors (Lipinski definition) is 6. The fourth-order valence-electron chi connectivity index (χ4n) is 3.18. The average Bonchev–Trinajstić information content (AvgIpc) is 3.03. The van der Waals surface area contributed by atoms with Gasteiger partial charge in [-0.3, -0.25) is 18.9 Å². The Morgan fingerprint density at radius 1 is 1.19 bits per heavy atom. The first-order valence-corrected chi connectivity index (χ1v) is 10.9. The highest BCUT2D eigenvalue weighted by atomic mass is 32.2. The molecule has 1 fully saturated rings. The maximum absolute atomic E-state index is 13.2. The molecule has 2 aromatic heterocycles. The number of pyridine rings is 1. The maximum atomic E-state index is 13.2. The molecule has 1 aliphatic heterocycles. The molecule has 0 bridgehead atoms. The van der Waals surface area contributed by atoms with Crippen molar-refractivity contribution < 1.29 is 4.79 Å². The Labute approximate surface area is 189 Å². The van der Waals surface area contributed by atoms with Gasteiger partial charge < -0.3 is 5.32 Å². The lowest BCUT2D eigenvalue weighted by Crippen LogP contribution is -2.28. The highest BCUT2D eigenvalue weighted by molar-refractivity contribution is 8.26. The summed E-state index contributed by atoms with van der Waals surface area (Å²) in [5.41, 5.74) is 2.81. The number of fused-ring (bicyclic) bond motifs is 1. The molecule has 1 aromatic carbocycles. The van der Waals surface area contributed by atoms with E-state index < -0.39 is 0 Å². The first-order valence-electron chi connectivity index (χ1n) is 9.65. The minimum atomic E-state index is -0.258. The monoisotopic (exact) mass is 448 g/mol. The molecule has 0 radical (unpaired) electrons. The Morgan fingerprint density at radius 2 is 1.97 bits per heavy atom. The van der Waals surface area contributed by atoms with E-state index in [0.29, 0.717) is 39.3 Å². The number of aromatic nitrogens is 2. The number of nitrogens with zero attached hydrogens (tertiary/aromatic N) is 3. The van der Waals surface area contributed by atoms with Gasteiger partial charge in [0.2, 0.25) is 0 Å². The van der Waals surface area contributed by atoms with Crippen molar-refractivity contribution in [2.45, 2.75) is 13.5 Å². The molecule has 4 rings (SSSR count). The number of carbonyl (C=O) groups is 1. The summed E-state index contributed by atoms with van der Waals surface area (Å²) in [4.78, 5) is 32.5. The molecule has 6 nitrogen and oxygen atoms in total. The molecule has 1 amide bonds. The molecular weight excluding hydrogens is 428 g/mol. The number of anilines is 1. The van der Waals surface area contributed by atoms with Gasteiger partial charge in [0.15, 0.2) is 0 Å². The van der Waals surface area contributed by atoms with E-state index in [-0.39, 0.29) is 11.5 Å². The van der Waals surface area contributed by atoms with E-state index in [0.717, 1.165) is 5.56 Å². The van der Waals surface area contributed by atoms with Crippen molar-refractivity contribution in [3.05, 3.63) is 93.3 Å². The highest BCUT2D eigenvalue weighted by Gasteiger charge is 2.31. The molecule has 3 aromatic rings. The van der Waals surface area contributed by atoms with E-state index in [9.17, 15) is 9.59 Å². The molecular formula is C23H20N4O2S2. The molecule has 1 saturated heterocycles. The number of nitrogens with one attached hydrogen (secondary N) is 1. The summed E-state index contributed by atoms with van der Waals surface area (Å²) in [5.74, 6) is 0.183. The van der Waals surface area contributed by atoms with Crippen molar-refractivity contribution in [2.24, 2.45) is 0 Å². The van der Waals surface area contributed by atoms with Gasteiger partial charge >= 0.3 is 0 Å². The summed E-state index contributed by atoms with van der Waals surface area (Å²) in [6.07, 6.45) is 4.86. The van der Waals surface area contributed by atoms with Gasteiger partial charge in [-0.1, -0.05) is 66.0 Å². The van der Waals surface area contributed by atoms with E-state index in [1.54, 1.807) is 30.5 Å². The molecule has 1 N–H and O–H groups in total.